The fourth-order valence-corrected chi connectivity index (χ4v) is 2.52. The Hall–Kier alpha value is -3.34. The predicted molar refractivity (Wildman–Crippen MR) is 103 cm³/mol. The summed E-state index contributed by atoms with van der Waals surface area (Å²) < 4.78 is 25.2. The minimum atomic E-state index is -0.474. The number of hydrogen-bond donors (Lipinski definition) is 1. The molecule has 138 valence electrons. The van der Waals surface area contributed by atoms with Crippen molar-refractivity contribution in [3.05, 3.63) is 89.7 Å². The second kappa shape index (κ2) is 8.85. The first kappa shape index (κ1) is 18.5. The summed E-state index contributed by atoms with van der Waals surface area (Å²) in [6.45, 7) is 2.40. The van der Waals surface area contributed by atoms with Crippen LogP contribution in [0.3, 0.4) is 0 Å². The number of rotatable bonds is 7. The van der Waals surface area contributed by atoms with Gasteiger partial charge in [0.2, 0.25) is 0 Å². The first-order valence-electron chi connectivity index (χ1n) is 8.60. The first-order chi connectivity index (χ1) is 13.1. The van der Waals surface area contributed by atoms with Crippen LogP contribution in [0.25, 0.3) is 0 Å². The van der Waals surface area contributed by atoms with Gasteiger partial charge < -0.3 is 14.8 Å². The topological polar surface area (TPSA) is 47.6 Å². The molecule has 0 aromatic heterocycles. The van der Waals surface area contributed by atoms with E-state index in [9.17, 15) is 9.18 Å². The molecule has 5 heteroatoms. The standard InChI is InChI=1S/C22H20FNO3/c1-16-11-12-20(19(23)15-16)24-22(25)18-9-5-6-10-21(18)27-14-13-26-17-7-3-2-4-8-17/h2-12,15H,13-14H2,1H3,(H,24,25). The maximum absolute atomic E-state index is 14.0. The number of aryl methyl sites for hydroxylation is 1. The van der Waals surface area contributed by atoms with Crippen LogP contribution >= 0.6 is 0 Å². The van der Waals surface area contributed by atoms with Crippen LogP contribution in [0.1, 0.15) is 15.9 Å². The van der Waals surface area contributed by atoms with Gasteiger partial charge in [0.15, 0.2) is 0 Å². The van der Waals surface area contributed by atoms with E-state index in [-0.39, 0.29) is 12.3 Å². The van der Waals surface area contributed by atoms with Crippen molar-refractivity contribution in [2.75, 3.05) is 18.5 Å². The van der Waals surface area contributed by atoms with E-state index in [4.69, 9.17) is 9.47 Å². The third-order valence-corrected chi connectivity index (χ3v) is 3.86. The molecule has 1 amide bonds. The molecule has 3 aromatic rings. The predicted octanol–water partition coefficient (Wildman–Crippen LogP) is 4.84. The molecule has 0 fully saturated rings. The van der Waals surface area contributed by atoms with Crippen molar-refractivity contribution in [3.8, 4) is 11.5 Å². The third kappa shape index (κ3) is 5.07. The van der Waals surface area contributed by atoms with E-state index in [0.717, 1.165) is 11.3 Å². The SMILES string of the molecule is Cc1ccc(NC(=O)c2ccccc2OCCOc2ccccc2)c(F)c1. The highest BCUT2D eigenvalue weighted by Gasteiger charge is 2.14. The number of nitrogens with one attached hydrogen (secondary N) is 1. The molecule has 0 aliphatic carbocycles. The van der Waals surface area contributed by atoms with Gasteiger partial charge in [0.1, 0.15) is 30.5 Å². The zero-order valence-corrected chi connectivity index (χ0v) is 14.9. The molecule has 27 heavy (non-hydrogen) atoms. The number of anilines is 1. The molecule has 0 saturated carbocycles. The van der Waals surface area contributed by atoms with Crippen LogP contribution < -0.4 is 14.8 Å². The Morgan fingerprint density at radius 2 is 1.63 bits per heavy atom. The van der Waals surface area contributed by atoms with Crippen LogP contribution in [0, 0.1) is 12.7 Å². The summed E-state index contributed by atoms with van der Waals surface area (Å²) >= 11 is 0. The van der Waals surface area contributed by atoms with Gasteiger partial charge in [0.05, 0.1) is 11.3 Å². The van der Waals surface area contributed by atoms with Crippen LogP contribution in [-0.2, 0) is 0 Å². The fraction of sp³-hybridized carbons (Fsp3) is 0.136. The average molecular weight is 365 g/mol. The fourth-order valence-electron chi connectivity index (χ4n) is 2.52. The van der Waals surface area contributed by atoms with Gasteiger partial charge in [-0.3, -0.25) is 4.79 Å². The highest BCUT2D eigenvalue weighted by molar-refractivity contribution is 6.06. The molecule has 0 heterocycles. The van der Waals surface area contributed by atoms with Crippen molar-refractivity contribution in [1.29, 1.82) is 0 Å². The molecule has 0 spiro atoms. The second-order valence-electron chi connectivity index (χ2n) is 5.94. The van der Waals surface area contributed by atoms with Crippen LogP contribution in [0.4, 0.5) is 10.1 Å². The highest BCUT2D eigenvalue weighted by atomic mass is 19.1. The molecular formula is C22H20FNO3. The van der Waals surface area contributed by atoms with E-state index in [1.165, 1.54) is 6.07 Å². The Morgan fingerprint density at radius 3 is 2.41 bits per heavy atom. The normalized spacial score (nSPS) is 10.3. The number of ether oxygens (including phenoxy) is 2. The number of para-hydroxylation sites is 2. The van der Waals surface area contributed by atoms with Crippen molar-refractivity contribution in [2.45, 2.75) is 6.92 Å². The molecule has 4 nitrogen and oxygen atoms in total. The number of amides is 1. The summed E-state index contributed by atoms with van der Waals surface area (Å²) in [7, 11) is 0. The van der Waals surface area contributed by atoms with E-state index in [0.29, 0.717) is 17.9 Å². The maximum Gasteiger partial charge on any atom is 0.259 e. The summed E-state index contributed by atoms with van der Waals surface area (Å²) in [6.07, 6.45) is 0. The Kier molecular flexibility index (Phi) is 6.05. The lowest BCUT2D eigenvalue weighted by Gasteiger charge is -2.13. The molecule has 0 radical (unpaired) electrons. The van der Waals surface area contributed by atoms with Crippen molar-refractivity contribution < 1.29 is 18.7 Å². The van der Waals surface area contributed by atoms with E-state index in [1.807, 2.05) is 30.3 Å². The number of halogens is 1. The van der Waals surface area contributed by atoms with E-state index < -0.39 is 11.7 Å². The third-order valence-electron chi connectivity index (χ3n) is 3.86. The average Bonchev–Trinajstić information content (AvgIpc) is 2.68. The van der Waals surface area contributed by atoms with Gasteiger partial charge in [-0.05, 0) is 48.9 Å². The number of hydrogen-bond acceptors (Lipinski definition) is 3. The zero-order chi connectivity index (χ0) is 19.1. The lowest BCUT2D eigenvalue weighted by atomic mass is 10.1. The number of benzene rings is 3. The van der Waals surface area contributed by atoms with Crippen LogP contribution in [0.2, 0.25) is 0 Å². The van der Waals surface area contributed by atoms with Gasteiger partial charge in [-0.15, -0.1) is 0 Å². The minimum Gasteiger partial charge on any atom is -0.490 e. The molecule has 1 N–H and O–H groups in total. The largest absolute Gasteiger partial charge is 0.490 e. The lowest BCUT2D eigenvalue weighted by Crippen LogP contribution is -2.16. The van der Waals surface area contributed by atoms with Crippen molar-refractivity contribution in [1.82, 2.24) is 0 Å². The summed E-state index contributed by atoms with van der Waals surface area (Å²) in [5.41, 5.74) is 1.25. The summed E-state index contributed by atoms with van der Waals surface area (Å²) in [5, 5.41) is 2.59. The Morgan fingerprint density at radius 1 is 0.926 bits per heavy atom. The van der Waals surface area contributed by atoms with Crippen molar-refractivity contribution >= 4 is 11.6 Å². The van der Waals surface area contributed by atoms with E-state index in [1.54, 1.807) is 43.3 Å². The Labute approximate surface area is 157 Å². The van der Waals surface area contributed by atoms with Crippen LogP contribution in [0.15, 0.2) is 72.8 Å². The lowest BCUT2D eigenvalue weighted by molar-refractivity contribution is 0.102. The zero-order valence-electron chi connectivity index (χ0n) is 14.9. The summed E-state index contributed by atoms with van der Waals surface area (Å²) in [6, 6.07) is 20.9. The van der Waals surface area contributed by atoms with Gasteiger partial charge in [-0.2, -0.15) is 0 Å². The van der Waals surface area contributed by atoms with Crippen LogP contribution in [-0.4, -0.2) is 19.1 Å². The Bertz CT molecular complexity index is 912. The molecule has 0 atom stereocenters. The molecular weight excluding hydrogens is 345 g/mol. The molecule has 0 aliphatic rings. The van der Waals surface area contributed by atoms with Crippen molar-refractivity contribution in [2.24, 2.45) is 0 Å². The summed E-state index contributed by atoms with van der Waals surface area (Å²) in [5.74, 6) is 0.261. The van der Waals surface area contributed by atoms with Crippen LogP contribution in [0.5, 0.6) is 11.5 Å². The van der Waals surface area contributed by atoms with Gasteiger partial charge in [0.25, 0.3) is 5.91 Å². The first-order valence-corrected chi connectivity index (χ1v) is 8.60. The highest BCUT2D eigenvalue weighted by Crippen LogP contribution is 2.21. The number of carbonyl (C=O) groups excluding carboxylic acids is 1. The molecule has 0 aliphatic heterocycles. The van der Waals surface area contributed by atoms with E-state index in [2.05, 4.69) is 5.32 Å². The Balaban J connectivity index is 1.61. The monoisotopic (exact) mass is 365 g/mol. The van der Waals surface area contributed by atoms with Gasteiger partial charge in [0, 0.05) is 0 Å². The smallest absolute Gasteiger partial charge is 0.259 e. The van der Waals surface area contributed by atoms with Gasteiger partial charge >= 0.3 is 0 Å². The maximum atomic E-state index is 14.0. The number of carbonyl (C=O) groups is 1. The quantitative estimate of drug-likeness (QED) is 0.609. The molecule has 3 rings (SSSR count). The van der Waals surface area contributed by atoms with E-state index >= 15 is 0 Å². The summed E-state index contributed by atoms with van der Waals surface area (Å²) in [4.78, 5) is 12.5. The van der Waals surface area contributed by atoms with Crippen molar-refractivity contribution in [3.63, 3.8) is 0 Å². The molecule has 0 saturated heterocycles. The minimum absolute atomic E-state index is 0.132. The van der Waals surface area contributed by atoms with Gasteiger partial charge in [-0.1, -0.05) is 36.4 Å². The molecule has 0 bridgehead atoms. The second-order valence-corrected chi connectivity index (χ2v) is 5.94. The molecule has 0 unspecified atom stereocenters. The van der Waals surface area contributed by atoms with Gasteiger partial charge in [-0.25, -0.2) is 4.39 Å². The molecule has 3 aromatic carbocycles.